The first-order valence-electron chi connectivity index (χ1n) is 9.35. The van der Waals surface area contributed by atoms with Gasteiger partial charge < -0.3 is 19.6 Å². The van der Waals surface area contributed by atoms with Crippen molar-refractivity contribution in [2.24, 2.45) is 9.98 Å². The topological polar surface area (TPSA) is 37.7 Å². The molecule has 2 aliphatic heterocycles. The second-order valence-electron chi connectivity index (χ2n) is 7.21. The van der Waals surface area contributed by atoms with E-state index in [0.29, 0.717) is 0 Å². The first-order chi connectivity index (χ1) is 14.0. The molecule has 0 radical (unpaired) electrons. The Bertz CT molecular complexity index is 826. The van der Waals surface area contributed by atoms with Gasteiger partial charge in [-0.25, -0.2) is 9.98 Å². The molecule has 2 fully saturated rings. The number of hydrogen-bond donors (Lipinski definition) is 0. The van der Waals surface area contributed by atoms with Crippen LogP contribution in [0.1, 0.15) is 0 Å². The summed E-state index contributed by atoms with van der Waals surface area (Å²) in [5.41, 5.74) is 1.95. The summed E-state index contributed by atoms with van der Waals surface area (Å²) in [7, 11) is 17.9. The second kappa shape index (κ2) is 9.90. The zero-order chi connectivity index (χ0) is 21.0. The molecule has 6 nitrogen and oxygen atoms in total. The van der Waals surface area contributed by atoms with E-state index in [1.165, 1.54) is 5.39 Å². The summed E-state index contributed by atoms with van der Waals surface area (Å²) >= 11 is 0.194. The van der Waals surface area contributed by atoms with E-state index >= 15 is 0 Å². The number of benzene rings is 2. The van der Waals surface area contributed by atoms with Crippen LogP contribution >= 0.6 is 20.2 Å². The van der Waals surface area contributed by atoms with Crippen molar-refractivity contribution in [1.29, 1.82) is 0 Å². The molecule has 0 aromatic heterocycles. The van der Waals surface area contributed by atoms with Crippen LogP contribution in [0.5, 0.6) is 0 Å². The predicted molar refractivity (Wildman–Crippen MR) is 120 cm³/mol. The first kappa shape index (κ1) is 22.0. The molecule has 2 heterocycles. The fourth-order valence-electron chi connectivity index (χ4n) is 3.63. The first-order valence-corrected chi connectivity index (χ1v) is 12.4. The molecule has 29 heavy (non-hydrogen) atoms. The van der Waals surface area contributed by atoms with Crippen LogP contribution in [0, 0.1) is 0 Å². The number of fused-ring (bicyclic) bond motifs is 1. The van der Waals surface area contributed by atoms with Crippen LogP contribution in [0.3, 0.4) is 0 Å². The molecule has 0 aliphatic carbocycles. The molecule has 0 spiro atoms. The molecular formula is C20H26Cl2FeN6. The number of nitrogens with zero attached hydrogens (tertiary/aromatic N) is 6. The number of aliphatic imine (C=N–C) groups is 2. The van der Waals surface area contributed by atoms with Gasteiger partial charge in [0.2, 0.25) is 11.9 Å². The summed E-state index contributed by atoms with van der Waals surface area (Å²) in [5, 5.41) is 2.28. The van der Waals surface area contributed by atoms with Gasteiger partial charge in [-0.05, 0) is 17.5 Å². The third-order valence-electron chi connectivity index (χ3n) is 5.21. The van der Waals surface area contributed by atoms with Gasteiger partial charge in [0.1, 0.15) is 0 Å². The van der Waals surface area contributed by atoms with Crippen molar-refractivity contribution in [2.75, 3.05) is 54.4 Å². The van der Waals surface area contributed by atoms with Crippen molar-refractivity contribution < 1.29 is 13.1 Å². The van der Waals surface area contributed by atoms with Crippen LogP contribution in [0.25, 0.3) is 10.8 Å². The van der Waals surface area contributed by atoms with E-state index in [4.69, 9.17) is 30.2 Å². The van der Waals surface area contributed by atoms with E-state index in [9.17, 15) is 0 Å². The molecule has 0 atom stereocenters. The van der Waals surface area contributed by atoms with Crippen molar-refractivity contribution in [3.05, 3.63) is 36.4 Å². The molecule has 4 rings (SSSR count). The molecule has 2 saturated heterocycles. The Hall–Kier alpha value is -1.66. The van der Waals surface area contributed by atoms with Gasteiger partial charge in [-0.1, -0.05) is 24.3 Å². The monoisotopic (exact) mass is 476 g/mol. The van der Waals surface area contributed by atoms with Crippen molar-refractivity contribution in [1.82, 2.24) is 19.6 Å². The second-order valence-corrected chi connectivity index (χ2v) is 9.04. The summed E-state index contributed by atoms with van der Waals surface area (Å²) in [6.45, 7) is 4.02. The zero-order valence-electron chi connectivity index (χ0n) is 17.1. The van der Waals surface area contributed by atoms with Crippen molar-refractivity contribution in [3.8, 4) is 0 Å². The van der Waals surface area contributed by atoms with E-state index < -0.39 is 0 Å². The molecule has 0 saturated carbocycles. The van der Waals surface area contributed by atoms with Gasteiger partial charge in [-0.2, -0.15) is 0 Å². The normalized spacial score (nSPS) is 16.6. The van der Waals surface area contributed by atoms with E-state index in [1.54, 1.807) is 0 Å². The maximum absolute atomic E-state index is 4.99. The van der Waals surface area contributed by atoms with Gasteiger partial charge >= 0.3 is 33.3 Å². The third-order valence-corrected chi connectivity index (χ3v) is 5.21. The van der Waals surface area contributed by atoms with Crippen LogP contribution in [0.2, 0.25) is 0 Å². The number of guanidine groups is 2. The Morgan fingerprint density at radius 1 is 0.690 bits per heavy atom. The molecule has 2 aromatic rings. The minimum absolute atomic E-state index is 0.194. The van der Waals surface area contributed by atoms with Crippen molar-refractivity contribution in [3.63, 3.8) is 0 Å². The molecule has 158 valence electrons. The Balaban J connectivity index is 0.000000755. The molecular weight excluding hydrogens is 451 g/mol. The van der Waals surface area contributed by atoms with E-state index in [-0.39, 0.29) is 13.1 Å². The molecule has 0 unspecified atom stereocenters. The van der Waals surface area contributed by atoms with Crippen molar-refractivity contribution >= 4 is 54.3 Å². The SMILES string of the molecule is CN1CCN(C)C1=Nc1cccc2cccc(N=C3N(C)CCN3C)c12.[Cl][Fe][Cl]. The van der Waals surface area contributed by atoms with Gasteiger partial charge in [0, 0.05) is 59.8 Å². The van der Waals surface area contributed by atoms with Gasteiger partial charge in [-0.15, -0.1) is 0 Å². The summed E-state index contributed by atoms with van der Waals surface area (Å²) < 4.78 is 0. The van der Waals surface area contributed by atoms with Gasteiger partial charge in [0.15, 0.2) is 0 Å². The molecule has 2 aromatic carbocycles. The van der Waals surface area contributed by atoms with Crippen LogP contribution in [0.4, 0.5) is 11.4 Å². The van der Waals surface area contributed by atoms with Crippen LogP contribution in [-0.4, -0.2) is 85.9 Å². The standard InChI is InChI=1S/C20H26N6.2ClH.Fe/c1-23-11-12-24(2)19(23)21-16-9-5-7-15-8-6-10-17(18(15)16)22-20-25(3)13-14-26(20)4;;;/h5-10H,11-14H2,1-4H3;2*1H;/q;;;+2/p-2. The summed E-state index contributed by atoms with van der Waals surface area (Å²) in [4.78, 5) is 18.8. The molecule has 0 bridgehead atoms. The average Bonchev–Trinajstić information content (AvgIpc) is 3.19. The van der Waals surface area contributed by atoms with Gasteiger partial charge in [0.05, 0.1) is 11.4 Å². The fourth-order valence-corrected chi connectivity index (χ4v) is 3.63. The van der Waals surface area contributed by atoms with E-state index in [0.717, 1.165) is 54.9 Å². The molecule has 0 N–H and O–H groups in total. The third kappa shape index (κ3) is 4.92. The Morgan fingerprint density at radius 2 is 1.03 bits per heavy atom. The Labute approximate surface area is 187 Å². The summed E-state index contributed by atoms with van der Waals surface area (Å²) in [6.07, 6.45) is 0. The van der Waals surface area contributed by atoms with E-state index in [2.05, 4.69) is 84.2 Å². The number of rotatable bonds is 2. The summed E-state index contributed by atoms with van der Waals surface area (Å²) in [5.74, 6) is 2.02. The van der Waals surface area contributed by atoms with Crippen LogP contribution in [-0.2, 0) is 13.1 Å². The number of likely N-dealkylation sites (N-methyl/N-ethyl adjacent to an activating group) is 4. The van der Waals surface area contributed by atoms with Gasteiger partial charge in [0.25, 0.3) is 0 Å². The Morgan fingerprint density at radius 3 is 1.38 bits per heavy atom. The molecule has 0 amide bonds. The van der Waals surface area contributed by atoms with E-state index in [1.807, 2.05) is 0 Å². The molecule has 9 heteroatoms. The number of hydrogen-bond acceptors (Lipinski definition) is 2. The average molecular weight is 477 g/mol. The fraction of sp³-hybridized carbons (Fsp3) is 0.400. The Kier molecular flexibility index (Phi) is 7.52. The maximum atomic E-state index is 4.99. The van der Waals surface area contributed by atoms with Crippen molar-refractivity contribution in [2.45, 2.75) is 0 Å². The quantitative estimate of drug-likeness (QED) is 0.615. The summed E-state index contributed by atoms with van der Waals surface area (Å²) in [6, 6.07) is 12.6. The minimum atomic E-state index is 0.194. The van der Waals surface area contributed by atoms with Crippen LogP contribution < -0.4 is 0 Å². The van der Waals surface area contributed by atoms with Gasteiger partial charge in [-0.3, -0.25) is 0 Å². The predicted octanol–water partition coefficient (Wildman–Crippen LogP) is 3.95. The number of halogens is 2. The van der Waals surface area contributed by atoms with Crippen LogP contribution in [0.15, 0.2) is 46.4 Å². The molecule has 2 aliphatic rings. The zero-order valence-corrected chi connectivity index (χ0v) is 19.7.